The summed E-state index contributed by atoms with van der Waals surface area (Å²) in [4.78, 5) is 34.3. The zero-order valence-corrected chi connectivity index (χ0v) is 17.2. The van der Waals surface area contributed by atoms with Gasteiger partial charge in [0.05, 0.1) is 17.7 Å². The van der Waals surface area contributed by atoms with Gasteiger partial charge in [0.1, 0.15) is 16.3 Å². The van der Waals surface area contributed by atoms with Gasteiger partial charge < -0.3 is 19.9 Å². The van der Waals surface area contributed by atoms with Crippen molar-refractivity contribution in [3.05, 3.63) is 40.0 Å². The van der Waals surface area contributed by atoms with E-state index in [4.69, 9.17) is 4.74 Å². The van der Waals surface area contributed by atoms with Crippen LogP contribution in [0.1, 0.15) is 32.6 Å². The summed E-state index contributed by atoms with van der Waals surface area (Å²) in [6.07, 6.45) is 4.10. The molecule has 1 fully saturated rings. The van der Waals surface area contributed by atoms with Crippen molar-refractivity contribution in [1.29, 1.82) is 0 Å². The van der Waals surface area contributed by atoms with Gasteiger partial charge in [-0.1, -0.05) is 6.92 Å². The minimum atomic E-state index is -0.177. The Morgan fingerprint density at radius 1 is 1.28 bits per heavy atom. The molecule has 0 atom stereocenters. The third-order valence-electron chi connectivity index (χ3n) is 4.91. The van der Waals surface area contributed by atoms with Crippen molar-refractivity contribution in [2.45, 2.75) is 32.6 Å². The summed E-state index contributed by atoms with van der Waals surface area (Å²) in [5.74, 6) is 1.06. The smallest absolute Gasteiger partial charge is 0.321 e. The first-order chi connectivity index (χ1) is 14.2. The normalized spacial score (nSPS) is 14.2. The Kier molecular flexibility index (Phi) is 5.80. The second kappa shape index (κ2) is 8.65. The lowest BCUT2D eigenvalue weighted by Gasteiger charge is -2.27. The van der Waals surface area contributed by atoms with Crippen LogP contribution in [-0.4, -0.2) is 40.6 Å². The van der Waals surface area contributed by atoms with Crippen LogP contribution in [0.3, 0.4) is 0 Å². The second-order valence-corrected chi connectivity index (χ2v) is 8.00. The number of hydrogen-bond donors (Lipinski definition) is 2. The molecule has 0 aliphatic carbocycles. The standard InChI is InChI=1S/C21H24N4O3S/c1-2-11-28-17-7-6-14(22-21(27)25-9-4-3-5-10-25)13-15(17)19-23-16-8-12-29-18(16)20(26)24-19/h6-8,12-13H,2-5,9-11H2,1H3,(H,22,27)(H,23,24,26). The van der Waals surface area contributed by atoms with E-state index in [1.165, 1.54) is 17.8 Å². The van der Waals surface area contributed by atoms with E-state index in [2.05, 4.69) is 15.3 Å². The molecule has 1 aliphatic rings. The van der Waals surface area contributed by atoms with E-state index >= 15 is 0 Å². The van der Waals surface area contributed by atoms with Crippen LogP contribution in [0.5, 0.6) is 5.75 Å². The second-order valence-electron chi connectivity index (χ2n) is 7.09. The van der Waals surface area contributed by atoms with Gasteiger partial charge >= 0.3 is 6.03 Å². The number of likely N-dealkylation sites (tertiary alicyclic amines) is 1. The van der Waals surface area contributed by atoms with Gasteiger partial charge in [-0.2, -0.15) is 0 Å². The van der Waals surface area contributed by atoms with Crippen LogP contribution in [0.15, 0.2) is 34.4 Å². The van der Waals surface area contributed by atoms with Crippen molar-refractivity contribution >= 4 is 33.3 Å². The Balaban J connectivity index is 1.68. The number of anilines is 1. The molecule has 2 aromatic heterocycles. The molecular formula is C21H24N4O3S. The molecule has 0 unspecified atom stereocenters. The molecule has 2 N–H and O–H groups in total. The van der Waals surface area contributed by atoms with Crippen LogP contribution in [0.4, 0.5) is 10.5 Å². The molecular weight excluding hydrogens is 388 g/mol. The van der Waals surface area contributed by atoms with Crippen molar-refractivity contribution < 1.29 is 9.53 Å². The van der Waals surface area contributed by atoms with Crippen molar-refractivity contribution in [3.8, 4) is 17.1 Å². The molecule has 1 saturated heterocycles. The summed E-state index contributed by atoms with van der Waals surface area (Å²) in [5.41, 5.74) is 1.77. The van der Waals surface area contributed by atoms with Crippen LogP contribution in [0.25, 0.3) is 21.6 Å². The molecule has 0 saturated carbocycles. The van der Waals surface area contributed by atoms with Gasteiger partial charge in [0.2, 0.25) is 0 Å². The van der Waals surface area contributed by atoms with Gasteiger partial charge in [-0.05, 0) is 55.3 Å². The number of urea groups is 1. The number of ether oxygens (including phenoxy) is 1. The number of hydrogen-bond acceptors (Lipinski definition) is 5. The Hall–Kier alpha value is -2.87. The predicted molar refractivity (Wildman–Crippen MR) is 116 cm³/mol. The molecule has 4 rings (SSSR count). The lowest BCUT2D eigenvalue weighted by molar-refractivity contribution is 0.200. The molecule has 0 spiro atoms. The van der Waals surface area contributed by atoms with Gasteiger partial charge in [0, 0.05) is 18.8 Å². The van der Waals surface area contributed by atoms with E-state index in [0.717, 1.165) is 32.4 Å². The summed E-state index contributed by atoms with van der Waals surface area (Å²) in [7, 11) is 0. The number of carbonyl (C=O) groups excluding carboxylic acids is 1. The summed E-state index contributed by atoms with van der Waals surface area (Å²) in [6.45, 7) is 4.14. The number of fused-ring (bicyclic) bond motifs is 1. The van der Waals surface area contributed by atoms with Crippen molar-refractivity contribution in [2.75, 3.05) is 25.0 Å². The topological polar surface area (TPSA) is 87.3 Å². The van der Waals surface area contributed by atoms with Crippen LogP contribution in [0.2, 0.25) is 0 Å². The van der Waals surface area contributed by atoms with Gasteiger partial charge in [0.25, 0.3) is 5.56 Å². The average Bonchev–Trinajstić information content (AvgIpc) is 3.23. The third-order valence-corrected chi connectivity index (χ3v) is 5.81. The zero-order chi connectivity index (χ0) is 20.2. The molecule has 152 valence electrons. The molecule has 0 bridgehead atoms. The minimum absolute atomic E-state index is 0.104. The number of rotatable bonds is 5. The largest absolute Gasteiger partial charge is 0.493 e. The highest BCUT2D eigenvalue weighted by Gasteiger charge is 2.18. The number of H-pyrrole nitrogens is 1. The number of piperidine rings is 1. The molecule has 0 radical (unpaired) electrons. The lowest BCUT2D eigenvalue weighted by Crippen LogP contribution is -2.38. The van der Waals surface area contributed by atoms with E-state index < -0.39 is 0 Å². The molecule has 1 aliphatic heterocycles. The Labute approximate surface area is 172 Å². The number of benzene rings is 1. The van der Waals surface area contributed by atoms with Crippen LogP contribution >= 0.6 is 11.3 Å². The van der Waals surface area contributed by atoms with Crippen LogP contribution < -0.4 is 15.6 Å². The van der Waals surface area contributed by atoms with Crippen LogP contribution in [0, 0.1) is 0 Å². The van der Waals surface area contributed by atoms with Gasteiger partial charge in [-0.3, -0.25) is 4.79 Å². The highest BCUT2D eigenvalue weighted by atomic mass is 32.1. The summed E-state index contributed by atoms with van der Waals surface area (Å²) < 4.78 is 6.46. The Morgan fingerprint density at radius 3 is 2.90 bits per heavy atom. The van der Waals surface area contributed by atoms with Crippen molar-refractivity contribution in [2.24, 2.45) is 0 Å². The van der Waals surface area contributed by atoms with E-state index in [1.807, 2.05) is 41.5 Å². The Morgan fingerprint density at radius 2 is 2.10 bits per heavy atom. The van der Waals surface area contributed by atoms with E-state index in [9.17, 15) is 9.59 Å². The van der Waals surface area contributed by atoms with E-state index in [1.54, 1.807) is 0 Å². The first-order valence-electron chi connectivity index (χ1n) is 9.96. The van der Waals surface area contributed by atoms with Crippen molar-refractivity contribution in [1.82, 2.24) is 14.9 Å². The molecule has 3 aromatic rings. The molecule has 8 heteroatoms. The monoisotopic (exact) mass is 412 g/mol. The van der Waals surface area contributed by atoms with E-state index in [-0.39, 0.29) is 11.6 Å². The SMILES string of the molecule is CCCOc1ccc(NC(=O)N2CCCCC2)cc1-c1nc2ccsc2c(=O)[nH]1. The zero-order valence-electron chi connectivity index (χ0n) is 16.4. The van der Waals surface area contributed by atoms with Gasteiger partial charge in [-0.15, -0.1) is 11.3 Å². The number of amides is 2. The fourth-order valence-corrected chi connectivity index (χ4v) is 4.16. The average molecular weight is 413 g/mol. The highest BCUT2D eigenvalue weighted by Crippen LogP contribution is 2.31. The maximum Gasteiger partial charge on any atom is 0.321 e. The summed E-state index contributed by atoms with van der Waals surface area (Å²) >= 11 is 1.36. The number of nitrogens with one attached hydrogen (secondary N) is 2. The molecule has 1 aromatic carbocycles. The maximum absolute atomic E-state index is 12.6. The number of thiophene rings is 1. The first-order valence-corrected chi connectivity index (χ1v) is 10.8. The number of aromatic amines is 1. The predicted octanol–water partition coefficient (Wildman–Crippen LogP) is 4.46. The van der Waals surface area contributed by atoms with Crippen molar-refractivity contribution in [3.63, 3.8) is 0 Å². The summed E-state index contributed by atoms with van der Waals surface area (Å²) in [5, 5.41) is 4.81. The molecule has 3 heterocycles. The van der Waals surface area contributed by atoms with E-state index in [0.29, 0.717) is 39.6 Å². The quantitative estimate of drug-likeness (QED) is 0.648. The number of nitrogens with zero attached hydrogens (tertiary/aromatic N) is 2. The van der Waals surface area contributed by atoms with Gasteiger partial charge in [-0.25, -0.2) is 9.78 Å². The first kappa shape index (κ1) is 19.4. The maximum atomic E-state index is 12.6. The minimum Gasteiger partial charge on any atom is -0.493 e. The fourth-order valence-electron chi connectivity index (χ4n) is 3.43. The molecule has 2 amide bonds. The van der Waals surface area contributed by atoms with Gasteiger partial charge in [0.15, 0.2) is 0 Å². The van der Waals surface area contributed by atoms with Crippen LogP contribution in [-0.2, 0) is 0 Å². The fraction of sp³-hybridized carbons (Fsp3) is 0.381. The third kappa shape index (κ3) is 4.27. The molecule has 29 heavy (non-hydrogen) atoms. The highest BCUT2D eigenvalue weighted by molar-refractivity contribution is 7.17. The lowest BCUT2D eigenvalue weighted by atomic mass is 10.1. The molecule has 7 nitrogen and oxygen atoms in total. The summed E-state index contributed by atoms with van der Waals surface area (Å²) in [6, 6.07) is 7.16. The number of carbonyl (C=O) groups is 1. The Bertz CT molecular complexity index is 1070. The number of aromatic nitrogens is 2.